The zero-order valence-corrected chi connectivity index (χ0v) is 10.4. The van der Waals surface area contributed by atoms with Gasteiger partial charge in [0.05, 0.1) is 6.61 Å². The monoisotopic (exact) mass is 227 g/mol. The second-order valence-electron chi connectivity index (χ2n) is 5.46. The van der Waals surface area contributed by atoms with E-state index in [2.05, 4.69) is 5.32 Å². The molecule has 0 bridgehead atoms. The number of hydrogen-bond acceptors (Lipinski definition) is 3. The van der Waals surface area contributed by atoms with Crippen molar-refractivity contribution in [3.05, 3.63) is 0 Å². The Balaban J connectivity index is 1.69. The minimum absolute atomic E-state index is 0.0249. The molecule has 0 amide bonds. The number of ether oxygens (including phenoxy) is 1. The van der Waals surface area contributed by atoms with E-state index in [1.165, 1.54) is 25.7 Å². The number of aliphatic hydroxyl groups excluding tert-OH is 1. The largest absolute Gasteiger partial charge is 0.394 e. The summed E-state index contributed by atoms with van der Waals surface area (Å²) < 4.78 is 5.69. The molecule has 16 heavy (non-hydrogen) atoms. The topological polar surface area (TPSA) is 41.5 Å². The third-order valence-electron chi connectivity index (χ3n) is 4.40. The third kappa shape index (κ3) is 2.76. The van der Waals surface area contributed by atoms with Crippen LogP contribution in [0.5, 0.6) is 0 Å². The lowest BCUT2D eigenvalue weighted by Gasteiger charge is -2.33. The van der Waals surface area contributed by atoms with E-state index in [0.717, 1.165) is 32.0 Å². The molecule has 2 unspecified atom stereocenters. The first-order valence-electron chi connectivity index (χ1n) is 6.68. The Morgan fingerprint density at radius 3 is 2.81 bits per heavy atom. The molecule has 2 aliphatic carbocycles. The summed E-state index contributed by atoms with van der Waals surface area (Å²) in [5, 5.41) is 12.9. The van der Waals surface area contributed by atoms with Crippen LogP contribution in [0.3, 0.4) is 0 Å². The predicted octanol–water partition coefficient (Wildman–Crippen LogP) is 1.55. The SMILES string of the molecule is CNC1(CO)CCCC1CCOCC1CC1. The standard InChI is InChI=1S/C13H25NO2/c1-14-13(10-15)7-2-3-12(13)6-8-16-9-11-4-5-11/h11-12,14-15H,2-10H2,1H3. The van der Waals surface area contributed by atoms with E-state index in [1.54, 1.807) is 0 Å². The molecule has 2 atom stereocenters. The lowest BCUT2D eigenvalue weighted by atomic mass is 9.86. The third-order valence-corrected chi connectivity index (χ3v) is 4.40. The molecule has 0 heterocycles. The summed E-state index contributed by atoms with van der Waals surface area (Å²) in [5.41, 5.74) is -0.0249. The van der Waals surface area contributed by atoms with Gasteiger partial charge in [-0.15, -0.1) is 0 Å². The Bertz CT molecular complexity index is 212. The molecule has 2 aliphatic rings. The molecule has 0 aliphatic heterocycles. The second kappa shape index (κ2) is 5.48. The fourth-order valence-corrected chi connectivity index (χ4v) is 2.94. The van der Waals surface area contributed by atoms with Gasteiger partial charge in [0.15, 0.2) is 0 Å². The molecule has 3 heteroatoms. The molecule has 0 spiro atoms. The minimum atomic E-state index is -0.0249. The number of rotatable bonds is 7. The van der Waals surface area contributed by atoms with Gasteiger partial charge in [-0.2, -0.15) is 0 Å². The van der Waals surface area contributed by atoms with Gasteiger partial charge in [-0.1, -0.05) is 6.42 Å². The average molecular weight is 227 g/mol. The van der Waals surface area contributed by atoms with Crippen LogP contribution in [-0.4, -0.2) is 37.5 Å². The van der Waals surface area contributed by atoms with E-state index in [4.69, 9.17) is 4.74 Å². The van der Waals surface area contributed by atoms with Gasteiger partial charge < -0.3 is 15.2 Å². The van der Waals surface area contributed by atoms with Gasteiger partial charge in [0.2, 0.25) is 0 Å². The summed E-state index contributed by atoms with van der Waals surface area (Å²) in [4.78, 5) is 0. The molecule has 2 saturated carbocycles. The van der Waals surface area contributed by atoms with Crippen LogP contribution in [0, 0.1) is 11.8 Å². The van der Waals surface area contributed by atoms with E-state index in [-0.39, 0.29) is 12.1 Å². The maximum atomic E-state index is 9.54. The molecule has 94 valence electrons. The minimum Gasteiger partial charge on any atom is -0.394 e. The van der Waals surface area contributed by atoms with Gasteiger partial charge in [0, 0.05) is 18.8 Å². The number of hydrogen-bond donors (Lipinski definition) is 2. The maximum absolute atomic E-state index is 9.54. The first-order chi connectivity index (χ1) is 7.80. The summed E-state index contributed by atoms with van der Waals surface area (Å²) in [6.45, 7) is 2.08. The Labute approximate surface area is 98.6 Å². The smallest absolute Gasteiger partial charge is 0.0615 e. The highest BCUT2D eigenvalue weighted by molar-refractivity contribution is 4.97. The fraction of sp³-hybridized carbons (Fsp3) is 1.00. The lowest BCUT2D eigenvalue weighted by molar-refractivity contribution is 0.0782. The number of likely N-dealkylation sites (N-methyl/N-ethyl adjacent to an activating group) is 1. The van der Waals surface area contributed by atoms with Gasteiger partial charge in [-0.3, -0.25) is 0 Å². The quantitative estimate of drug-likeness (QED) is 0.648. The molecule has 3 nitrogen and oxygen atoms in total. The van der Waals surface area contributed by atoms with Crippen molar-refractivity contribution in [3.8, 4) is 0 Å². The summed E-state index contributed by atoms with van der Waals surface area (Å²) in [5.74, 6) is 1.44. The molecular weight excluding hydrogens is 202 g/mol. The lowest BCUT2D eigenvalue weighted by Crippen LogP contribution is -2.49. The highest BCUT2D eigenvalue weighted by Crippen LogP contribution is 2.37. The predicted molar refractivity (Wildman–Crippen MR) is 64.4 cm³/mol. The summed E-state index contributed by atoms with van der Waals surface area (Å²) >= 11 is 0. The molecular formula is C13H25NO2. The van der Waals surface area contributed by atoms with Crippen molar-refractivity contribution in [1.82, 2.24) is 5.32 Å². The van der Waals surface area contributed by atoms with Crippen molar-refractivity contribution in [2.45, 2.75) is 44.1 Å². The molecule has 0 aromatic rings. The van der Waals surface area contributed by atoms with Crippen LogP contribution in [0.25, 0.3) is 0 Å². The van der Waals surface area contributed by atoms with E-state index in [9.17, 15) is 5.11 Å². The summed E-state index contributed by atoms with van der Waals surface area (Å²) in [6.07, 6.45) is 7.38. The van der Waals surface area contributed by atoms with Crippen molar-refractivity contribution in [1.29, 1.82) is 0 Å². The van der Waals surface area contributed by atoms with Crippen LogP contribution in [0.1, 0.15) is 38.5 Å². The van der Waals surface area contributed by atoms with Crippen molar-refractivity contribution >= 4 is 0 Å². The highest BCUT2D eigenvalue weighted by Gasteiger charge is 2.40. The summed E-state index contributed by atoms with van der Waals surface area (Å²) in [7, 11) is 1.97. The van der Waals surface area contributed by atoms with Crippen molar-refractivity contribution < 1.29 is 9.84 Å². The van der Waals surface area contributed by atoms with Crippen LogP contribution in [0.15, 0.2) is 0 Å². The van der Waals surface area contributed by atoms with Crippen LogP contribution in [0.2, 0.25) is 0 Å². The molecule has 0 aromatic heterocycles. The van der Waals surface area contributed by atoms with Crippen molar-refractivity contribution in [2.24, 2.45) is 11.8 Å². The molecule has 0 aromatic carbocycles. The zero-order chi connectivity index (χ0) is 11.4. The Morgan fingerprint density at radius 1 is 1.38 bits per heavy atom. The van der Waals surface area contributed by atoms with E-state index in [1.807, 2.05) is 7.05 Å². The molecule has 2 N–H and O–H groups in total. The maximum Gasteiger partial charge on any atom is 0.0615 e. The zero-order valence-electron chi connectivity index (χ0n) is 10.4. The van der Waals surface area contributed by atoms with E-state index >= 15 is 0 Å². The van der Waals surface area contributed by atoms with Crippen LogP contribution in [-0.2, 0) is 4.74 Å². The van der Waals surface area contributed by atoms with Crippen LogP contribution < -0.4 is 5.32 Å². The Hall–Kier alpha value is -0.120. The van der Waals surface area contributed by atoms with Gasteiger partial charge in [0.1, 0.15) is 0 Å². The van der Waals surface area contributed by atoms with Gasteiger partial charge >= 0.3 is 0 Å². The van der Waals surface area contributed by atoms with Crippen molar-refractivity contribution in [3.63, 3.8) is 0 Å². The number of aliphatic hydroxyl groups is 1. The first kappa shape index (κ1) is 12.3. The van der Waals surface area contributed by atoms with Crippen LogP contribution in [0.4, 0.5) is 0 Å². The normalized spacial score (nSPS) is 34.5. The molecule has 2 fully saturated rings. The van der Waals surface area contributed by atoms with Gasteiger partial charge in [-0.05, 0) is 51.0 Å². The average Bonchev–Trinajstić information content (AvgIpc) is 3.05. The van der Waals surface area contributed by atoms with E-state index in [0.29, 0.717) is 5.92 Å². The highest BCUT2D eigenvalue weighted by atomic mass is 16.5. The Morgan fingerprint density at radius 2 is 2.19 bits per heavy atom. The van der Waals surface area contributed by atoms with Crippen LogP contribution >= 0.6 is 0 Å². The number of nitrogens with one attached hydrogen (secondary N) is 1. The second-order valence-corrected chi connectivity index (χ2v) is 5.46. The van der Waals surface area contributed by atoms with E-state index < -0.39 is 0 Å². The van der Waals surface area contributed by atoms with Crippen molar-refractivity contribution in [2.75, 3.05) is 26.9 Å². The molecule has 0 radical (unpaired) electrons. The Kier molecular flexibility index (Phi) is 4.22. The first-order valence-corrected chi connectivity index (χ1v) is 6.68. The van der Waals surface area contributed by atoms with Gasteiger partial charge in [-0.25, -0.2) is 0 Å². The molecule has 0 saturated heterocycles. The fourth-order valence-electron chi connectivity index (χ4n) is 2.94. The molecule has 2 rings (SSSR count). The van der Waals surface area contributed by atoms with Gasteiger partial charge in [0.25, 0.3) is 0 Å². The summed E-state index contributed by atoms with van der Waals surface area (Å²) in [6, 6.07) is 0.